The molecule has 0 spiro atoms. The van der Waals surface area contributed by atoms with Gasteiger partial charge < -0.3 is 5.73 Å². The van der Waals surface area contributed by atoms with Crippen LogP contribution in [0.4, 0.5) is 5.69 Å². The molecule has 1 aromatic rings. The van der Waals surface area contributed by atoms with Crippen molar-refractivity contribution >= 4 is 15.9 Å². The van der Waals surface area contributed by atoms with E-state index in [0.29, 0.717) is 12.2 Å². The lowest BCUT2D eigenvalue weighted by atomic mass is 10.2. The molecule has 0 aromatic heterocycles. The van der Waals surface area contributed by atoms with Crippen LogP contribution in [0.5, 0.6) is 0 Å². The van der Waals surface area contributed by atoms with Gasteiger partial charge in [0.1, 0.15) is 0 Å². The number of anilines is 1. The third-order valence-corrected chi connectivity index (χ3v) is 2.97. The lowest BCUT2D eigenvalue weighted by molar-refractivity contribution is 0.568. The van der Waals surface area contributed by atoms with Crippen molar-refractivity contribution in [1.82, 2.24) is 9.44 Å². The average molecular weight is 229 g/mol. The molecule has 6 heteroatoms. The molecule has 0 fully saturated rings. The van der Waals surface area contributed by atoms with E-state index in [2.05, 4.69) is 9.44 Å². The van der Waals surface area contributed by atoms with E-state index in [4.69, 9.17) is 5.73 Å². The fraction of sp³-hybridized carbons (Fsp3) is 0.333. The van der Waals surface area contributed by atoms with Gasteiger partial charge in [-0.1, -0.05) is 19.1 Å². The normalized spacial score (nSPS) is 11.5. The topological polar surface area (TPSA) is 84.2 Å². The van der Waals surface area contributed by atoms with Crippen LogP contribution in [0.25, 0.3) is 0 Å². The van der Waals surface area contributed by atoms with Crippen LogP contribution in [-0.4, -0.2) is 15.0 Å². The summed E-state index contributed by atoms with van der Waals surface area (Å²) < 4.78 is 27.2. The van der Waals surface area contributed by atoms with Crippen LogP contribution in [0.3, 0.4) is 0 Å². The first-order valence-electron chi connectivity index (χ1n) is 4.62. The maximum atomic E-state index is 11.2. The summed E-state index contributed by atoms with van der Waals surface area (Å²) in [6.45, 7) is 2.36. The van der Waals surface area contributed by atoms with Gasteiger partial charge in [-0.2, -0.15) is 13.1 Å². The first-order chi connectivity index (χ1) is 7.03. The van der Waals surface area contributed by atoms with Crippen molar-refractivity contribution in [3.63, 3.8) is 0 Å². The molecule has 15 heavy (non-hydrogen) atoms. The van der Waals surface area contributed by atoms with Crippen molar-refractivity contribution in [3.05, 3.63) is 29.8 Å². The Hall–Kier alpha value is -1.11. The Morgan fingerprint density at radius 2 is 1.80 bits per heavy atom. The largest absolute Gasteiger partial charge is 0.399 e. The summed E-state index contributed by atoms with van der Waals surface area (Å²) in [6.07, 6.45) is 0. The van der Waals surface area contributed by atoms with Crippen LogP contribution < -0.4 is 15.2 Å². The summed E-state index contributed by atoms with van der Waals surface area (Å²) >= 11 is 0. The second-order valence-electron chi connectivity index (χ2n) is 3.06. The Labute approximate surface area is 89.9 Å². The van der Waals surface area contributed by atoms with Gasteiger partial charge in [0.2, 0.25) is 0 Å². The van der Waals surface area contributed by atoms with Crippen LogP contribution >= 0.6 is 0 Å². The highest BCUT2D eigenvalue weighted by molar-refractivity contribution is 7.87. The first-order valence-corrected chi connectivity index (χ1v) is 6.10. The van der Waals surface area contributed by atoms with Gasteiger partial charge in [-0.05, 0) is 17.7 Å². The molecule has 0 atom stereocenters. The predicted molar refractivity (Wildman–Crippen MR) is 60.3 cm³/mol. The molecule has 1 aromatic carbocycles. The SMILES string of the molecule is CCNS(=O)(=O)NCc1ccc(N)cc1. The van der Waals surface area contributed by atoms with Crippen LogP contribution in [0.2, 0.25) is 0 Å². The zero-order valence-electron chi connectivity index (χ0n) is 8.53. The molecule has 1 rings (SSSR count). The van der Waals surface area contributed by atoms with E-state index in [1.165, 1.54) is 0 Å². The standard InChI is InChI=1S/C9H15N3O2S/c1-2-11-15(13,14)12-7-8-3-5-9(10)6-4-8/h3-6,11-12H,2,7,10H2,1H3. The molecule has 0 amide bonds. The third kappa shape index (κ3) is 4.28. The number of nitrogen functional groups attached to an aromatic ring is 1. The molecular formula is C9H15N3O2S. The van der Waals surface area contributed by atoms with Gasteiger partial charge in [0, 0.05) is 18.8 Å². The van der Waals surface area contributed by atoms with Gasteiger partial charge >= 0.3 is 0 Å². The molecule has 5 nitrogen and oxygen atoms in total. The van der Waals surface area contributed by atoms with E-state index in [0.717, 1.165) is 5.56 Å². The van der Waals surface area contributed by atoms with E-state index < -0.39 is 10.2 Å². The quantitative estimate of drug-likeness (QED) is 0.631. The van der Waals surface area contributed by atoms with Crippen molar-refractivity contribution in [2.24, 2.45) is 0 Å². The van der Waals surface area contributed by atoms with Crippen LogP contribution in [0.1, 0.15) is 12.5 Å². The zero-order chi connectivity index (χ0) is 11.3. The van der Waals surface area contributed by atoms with Crippen molar-refractivity contribution in [3.8, 4) is 0 Å². The van der Waals surface area contributed by atoms with E-state index >= 15 is 0 Å². The monoisotopic (exact) mass is 229 g/mol. The highest BCUT2D eigenvalue weighted by Gasteiger charge is 2.06. The molecule has 4 N–H and O–H groups in total. The molecule has 0 saturated heterocycles. The predicted octanol–water partition coefficient (Wildman–Crippen LogP) is 0.213. The highest BCUT2D eigenvalue weighted by Crippen LogP contribution is 2.04. The fourth-order valence-electron chi connectivity index (χ4n) is 1.05. The van der Waals surface area contributed by atoms with Crippen molar-refractivity contribution in [2.45, 2.75) is 13.5 Å². The minimum absolute atomic E-state index is 0.260. The van der Waals surface area contributed by atoms with Gasteiger partial charge in [0.25, 0.3) is 10.2 Å². The third-order valence-electron chi connectivity index (χ3n) is 1.78. The Bertz CT molecular complexity index is 400. The van der Waals surface area contributed by atoms with Gasteiger partial charge in [-0.25, -0.2) is 4.72 Å². The summed E-state index contributed by atoms with van der Waals surface area (Å²) in [6, 6.07) is 7.03. The zero-order valence-corrected chi connectivity index (χ0v) is 9.34. The molecule has 0 saturated carbocycles. The number of hydrogen-bond acceptors (Lipinski definition) is 3. The first kappa shape index (κ1) is 12.0. The van der Waals surface area contributed by atoms with E-state index in [9.17, 15) is 8.42 Å². The number of benzene rings is 1. The molecule has 84 valence electrons. The maximum Gasteiger partial charge on any atom is 0.277 e. The molecule has 0 aliphatic heterocycles. The molecular weight excluding hydrogens is 214 g/mol. The minimum atomic E-state index is -3.37. The van der Waals surface area contributed by atoms with Crippen LogP contribution in [0.15, 0.2) is 24.3 Å². The molecule has 0 unspecified atom stereocenters. The summed E-state index contributed by atoms with van der Waals surface area (Å²) in [5.74, 6) is 0. The summed E-state index contributed by atoms with van der Waals surface area (Å²) in [5, 5.41) is 0. The van der Waals surface area contributed by atoms with Gasteiger partial charge in [0.05, 0.1) is 0 Å². The van der Waals surface area contributed by atoms with Gasteiger partial charge in [-0.15, -0.1) is 0 Å². The van der Waals surface area contributed by atoms with E-state index in [1.54, 1.807) is 31.2 Å². The lowest BCUT2D eigenvalue weighted by Crippen LogP contribution is -2.35. The van der Waals surface area contributed by atoms with Crippen LogP contribution in [-0.2, 0) is 16.8 Å². The molecule has 0 radical (unpaired) electrons. The number of nitrogens with two attached hydrogens (primary N) is 1. The van der Waals surface area contributed by atoms with Crippen molar-refractivity contribution in [1.29, 1.82) is 0 Å². The average Bonchev–Trinajstić information content (AvgIpc) is 2.17. The smallest absolute Gasteiger partial charge is 0.277 e. The van der Waals surface area contributed by atoms with E-state index in [1.807, 2.05) is 0 Å². The second-order valence-corrected chi connectivity index (χ2v) is 4.65. The van der Waals surface area contributed by atoms with Crippen molar-refractivity contribution in [2.75, 3.05) is 12.3 Å². The summed E-state index contributed by atoms with van der Waals surface area (Å²) in [7, 11) is -3.37. The molecule has 0 bridgehead atoms. The minimum Gasteiger partial charge on any atom is -0.399 e. The number of nitrogens with one attached hydrogen (secondary N) is 2. The fourth-order valence-corrected chi connectivity index (χ4v) is 1.89. The van der Waals surface area contributed by atoms with E-state index in [-0.39, 0.29) is 6.54 Å². The van der Waals surface area contributed by atoms with Gasteiger partial charge in [0.15, 0.2) is 0 Å². The molecule has 0 aliphatic rings. The van der Waals surface area contributed by atoms with Crippen molar-refractivity contribution < 1.29 is 8.42 Å². The molecule has 0 heterocycles. The Morgan fingerprint density at radius 1 is 1.20 bits per heavy atom. The maximum absolute atomic E-state index is 11.2. The Balaban J connectivity index is 2.54. The lowest BCUT2D eigenvalue weighted by Gasteiger charge is -2.06. The Morgan fingerprint density at radius 3 is 2.33 bits per heavy atom. The second kappa shape index (κ2) is 5.11. The highest BCUT2D eigenvalue weighted by atomic mass is 32.2. The number of rotatable bonds is 5. The van der Waals surface area contributed by atoms with Crippen LogP contribution in [0, 0.1) is 0 Å². The Kier molecular flexibility index (Phi) is 4.07. The number of hydrogen-bond donors (Lipinski definition) is 3. The van der Waals surface area contributed by atoms with Gasteiger partial charge in [-0.3, -0.25) is 0 Å². The summed E-state index contributed by atoms with van der Waals surface area (Å²) in [4.78, 5) is 0. The molecule has 0 aliphatic carbocycles. The summed E-state index contributed by atoms with van der Waals surface area (Å²) in [5.41, 5.74) is 7.03.